The summed E-state index contributed by atoms with van der Waals surface area (Å²) in [6.45, 7) is 3.50. The van der Waals surface area contributed by atoms with Crippen LogP contribution in [0.2, 0.25) is 0 Å². The third-order valence-electron chi connectivity index (χ3n) is 2.60. The molecule has 1 unspecified atom stereocenters. The Labute approximate surface area is 120 Å². The van der Waals surface area contributed by atoms with Crippen LogP contribution in [0.4, 0.5) is 10.5 Å². The lowest BCUT2D eigenvalue weighted by Crippen LogP contribution is -2.31. The van der Waals surface area contributed by atoms with Crippen LogP contribution in [0.15, 0.2) is 28.9 Å². The molecule has 1 atom stereocenters. The predicted octanol–water partition coefficient (Wildman–Crippen LogP) is 1.96. The van der Waals surface area contributed by atoms with Gasteiger partial charge in [-0.25, -0.2) is 19.6 Å². The average molecular weight is 290 g/mol. The lowest BCUT2D eigenvalue weighted by atomic mass is 10.3. The Morgan fingerprint density at radius 2 is 2.05 bits per heavy atom. The van der Waals surface area contributed by atoms with Crippen LogP contribution in [-0.4, -0.2) is 27.1 Å². The third kappa shape index (κ3) is 3.78. The van der Waals surface area contributed by atoms with Gasteiger partial charge >= 0.3 is 12.0 Å². The van der Waals surface area contributed by atoms with E-state index >= 15 is 0 Å². The molecule has 21 heavy (non-hydrogen) atoms. The van der Waals surface area contributed by atoms with Crippen molar-refractivity contribution < 1.29 is 19.1 Å². The molecule has 0 fully saturated rings. The smallest absolute Gasteiger partial charge is 0.354 e. The van der Waals surface area contributed by atoms with Gasteiger partial charge in [-0.15, -0.1) is 0 Å². The fraction of sp³-hybridized carbons (Fsp3) is 0.231. The standard InChI is InChI=1S/C13H14N4O4/c1-7-5-15-11(21-7)8(2)16-13(20)17-9-3-4-10(12(18)19)14-6-9/h3-6,8H,1-2H3,(H,18,19)(H2,16,17,20). The molecule has 0 aliphatic heterocycles. The summed E-state index contributed by atoms with van der Waals surface area (Å²) in [7, 11) is 0. The van der Waals surface area contributed by atoms with Gasteiger partial charge in [0.25, 0.3) is 0 Å². The minimum Gasteiger partial charge on any atom is -0.477 e. The van der Waals surface area contributed by atoms with Gasteiger partial charge in [0, 0.05) is 0 Å². The van der Waals surface area contributed by atoms with E-state index in [2.05, 4.69) is 20.6 Å². The van der Waals surface area contributed by atoms with Crippen LogP contribution < -0.4 is 10.6 Å². The number of hydrogen-bond acceptors (Lipinski definition) is 5. The average Bonchev–Trinajstić information content (AvgIpc) is 2.86. The number of rotatable bonds is 4. The van der Waals surface area contributed by atoms with Crippen molar-refractivity contribution in [1.82, 2.24) is 15.3 Å². The summed E-state index contributed by atoms with van der Waals surface area (Å²) in [5.74, 6) is -0.0617. The van der Waals surface area contributed by atoms with E-state index in [0.717, 1.165) is 0 Å². The number of anilines is 1. The maximum absolute atomic E-state index is 11.8. The Kier molecular flexibility index (Phi) is 4.17. The second-order valence-electron chi connectivity index (χ2n) is 4.37. The van der Waals surface area contributed by atoms with Gasteiger partial charge in [-0.1, -0.05) is 0 Å². The fourth-order valence-electron chi connectivity index (χ4n) is 1.59. The quantitative estimate of drug-likeness (QED) is 0.792. The monoisotopic (exact) mass is 290 g/mol. The van der Waals surface area contributed by atoms with Crippen molar-refractivity contribution in [3.05, 3.63) is 41.9 Å². The molecule has 0 aromatic carbocycles. The molecule has 0 spiro atoms. The zero-order valence-corrected chi connectivity index (χ0v) is 11.5. The van der Waals surface area contributed by atoms with E-state index in [9.17, 15) is 9.59 Å². The summed E-state index contributed by atoms with van der Waals surface area (Å²) >= 11 is 0. The first kappa shape index (κ1) is 14.5. The van der Waals surface area contributed by atoms with Crippen molar-refractivity contribution in [1.29, 1.82) is 0 Å². The molecular weight excluding hydrogens is 276 g/mol. The van der Waals surface area contributed by atoms with Crippen LogP contribution >= 0.6 is 0 Å². The summed E-state index contributed by atoms with van der Waals surface area (Å²) in [4.78, 5) is 30.2. The molecule has 0 bridgehead atoms. The number of carbonyl (C=O) groups excluding carboxylic acids is 1. The van der Waals surface area contributed by atoms with Gasteiger partial charge < -0.3 is 20.2 Å². The van der Waals surface area contributed by atoms with Crippen molar-refractivity contribution in [2.24, 2.45) is 0 Å². The van der Waals surface area contributed by atoms with E-state index < -0.39 is 18.0 Å². The number of carbonyl (C=O) groups is 2. The van der Waals surface area contributed by atoms with Gasteiger partial charge in [-0.2, -0.15) is 0 Å². The van der Waals surface area contributed by atoms with Crippen LogP contribution in [0.25, 0.3) is 0 Å². The Morgan fingerprint density at radius 1 is 1.29 bits per heavy atom. The van der Waals surface area contributed by atoms with Crippen molar-refractivity contribution in [2.75, 3.05) is 5.32 Å². The Bertz CT molecular complexity index is 650. The number of pyridine rings is 1. The maximum atomic E-state index is 11.8. The minimum absolute atomic E-state index is 0.0930. The molecule has 2 rings (SSSR count). The Hall–Kier alpha value is -2.90. The lowest BCUT2D eigenvalue weighted by Gasteiger charge is -2.11. The highest BCUT2D eigenvalue weighted by molar-refractivity contribution is 5.90. The molecule has 3 N–H and O–H groups in total. The summed E-state index contributed by atoms with van der Waals surface area (Å²) in [6, 6.07) is 1.89. The number of nitrogens with zero attached hydrogens (tertiary/aromatic N) is 2. The molecule has 0 aliphatic rings. The number of urea groups is 1. The van der Waals surface area contributed by atoms with Gasteiger partial charge in [0.15, 0.2) is 0 Å². The van der Waals surface area contributed by atoms with Crippen LogP contribution in [-0.2, 0) is 0 Å². The topological polar surface area (TPSA) is 117 Å². The number of hydrogen-bond donors (Lipinski definition) is 3. The van der Waals surface area contributed by atoms with E-state index in [0.29, 0.717) is 17.3 Å². The summed E-state index contributed by atoms with van der Waals surface area (Å²) in [5, 5.41) is 13.9. The highest BCUT2D eigenvalue weighted by Gasteiger charge is 2.14. The lowest BCUT2D eigenvalue weighted by molar-refractivity contribution is 0.0690. The van der Waals surface area contributed by atoms with Crippen molar-refractivity contribution in [3.8, 4) is 0 Å². The largest absolute Gasteiger partial charge is 0.477 e. The summed E-state index contributed by atoms with van der Waals surface area (Å²) < 4.78 is 5.31. The van der Waals surface area contributed by atoms with Gasteiger partial charge in [0.2, 0.25) is 5.89 Å². The zero-order valence-electron chi connectivity index (χ0n) is 11.5. The van der Waals surface area contributed by atoms with Crippen LogP contribution in [0.5, 0.6) is 0 Å². The second kappa shape index (κ2) is 6.04. The van der Waals surface area contributed by atoms with E-state index in [1.807, 2.05) is 0 Å². The number of oxazole rings is 1. The third-order valence-corrected chi connectivity index (χ3v) is 2.60. The first-order valence-electron chi connectivity index (χ1n) is 6.15. The zero-order chi connectivity index (χ0) is 15.4. The summed E-state index contributed by atoms with van der Waals surface area (Å²) in [6.07, 6.45) is 2.84. The molecule has 2 aromatic heterocycles. The predicted molar refractivity (Wildman–Crippen MR) is 73.0 cm³/mol. The molecule has 2 amide bonds. The van der Waals surface area contributed by atoms with Gasteiger partial charge in [-0.05, 0) is 26.0 Å². The normalized spacial score (nSPS) is 11.7. The number of aromatic nitrogens is 2. The van der Waals surface area contributed by atoms with E-state index in [1.165, 1.54) is 18.3 Å². The molecule has 8 heteroatoms. The Morgan fingerprint density at radius 3 is 2.57 bits per heavy atom. The number of carboxylic acid groups (broad SMARTS) is 1. The second-order valence-corrected chi connectivity index (χ2v) is 4.37. The van der Waals surface area contributed by atoms with E-state index in [4.69, 9.17) is 9.52 Å². The van der Waals surface area contributed by atoms with Gasteiger partial charge in [0.05, 0.1) is 18.1 Å². The van der Waals surface area contributed by atoms with Crippen molar-refractivity contribution in [3.63, 3.8) is 0 Å². The molecule has 110 valence electrons. The molecule has 0 aliphatic carbocycles. The number of nitrogens with one attached hydrogen (secondary N) is 2. The van der Waals surface area contributed by atoms with Gasteiger partial charge in [-0.3, -0.25) is 0 Å². The number of amides is 2. The molecule has 8 nitrogen and oxygen atoms in total. The first-order valence-corrected chi connectivity index (χ1v) is 6.15. The van der Waals surface area contributed by atoms with E-state index in [-0.39, 0.29) is 5.69 Å². The molecule has 2 aromatic rings. The van der Waals surface area contributed by atoms with Crippen LogP contribution in [0.3, 0.4) is 0 Å². The Balaban J connectivity index is 1.93. The van der Waals surface area contributed by atoms with E-state index in [1.54, 1.807) is 20.0 Å². The first-order chi connectivity index (χ1) is 9.95. The summed E-state index contributed by atoms with van der Waals surface area (Å²) in [5.41, 5.74) is 0.290. The maximum Gasteiger partial charge on any atom is 0.354 e. The minimum atomic E-state index is -1.13. The molecule has 2 heterocycles. The van der Waals surface area contributed by atoms with Crippen LogP contribution in [0.1, 0.15) is 35.1 Å². The highest BCUT2D eigenvalue weighted by Crippen LogP contribution is 2.12. The SMILES string of the molecule is Cc1cnc(C(C)NC(=O)Nc2ccc(C(=O)O)nc2)o1. The number of aromatic carboxylic acids is 1. The highest BCUT2D eigenvalue weighted by atomic mass is 16.4. The molecule has 0 saturated carbocycles. The van der Waals surface area contributed by atoms with Crippen LogP contribution in [0, 0.1) is 6.92 Å². The van der Waals surface area contributed by atoms with Crippen molar-refractivity contribution in [2.45, 2.75) is 19.9 Å². The van der Waals surface area contributed by atoms with Gasteiger partial charge in [0.1, 0.15) is 17.5 Å². The fourth-order valence-corrected chi connectivity index (χ4v) is 1.59. The molecule has 0 saturated heterocycles. The number of aryl methyl sites for hydroxylation is 1. The van der Waals surface area contributed by atoms with Crippen molar-refractivity contribution >= 4 is 17.7 Å². The molecule has 0 radical (unpaired) electrons. The number of carboxylic acids is 1. The molecular formula is C13H14N4O4.